The molecule has 3 amide bonds. The van der Waals surface area contributed by atoms with Gasteiger partial charge in [-0.1, -0.05) is 120 Å². The normalized spacial score (nSPS) is 12.7. The third kappa shape index (κ3) is 9.45. The SMILES string of the molecule is COc1ccc(C(NC(=O)[C@H](C)NC(=O)OCC2c3ccccc3-c3ccccc32)c2ccc(OCC(=O)NC(c3ccc(C)cc3)c3ccc(C)cc3)cc2)c(OC)c1. The van der Waals surface area contributed by atoms with Crippen molar-refractivity contribution in [1.29, 1.82) is 0 Å². The van der Waals surface area contributed by atoms with Crippen molar-refractivity contribution in [3.63, 3.8) is 0 Å². The maximum absolute atomic E-state index is 13.8. The number of hydrogen-bond donors (Lipinski definition) is 3. The van der Waals surface area contributed by atoms with Crippen LogP contribution in [-0.2, 0) is 14.3 Å². The molecule has 2 atom stereocenters. The minimum atomic E-state index is -0.947. The van der Waals surface area contributed by atoms with Gasteiger partial charge in [-0.15, -0.1) is 0 Å². The first-order chi connectivity index (χ1) is 29.1. The second kappa shape index (κ2) is 18.7. The summed E-state index contributed by atoms with van der Waals surface area (Å²) in [6, 6.07) is 42.8. The molecule has 0 saturated carbocycles. The first-order valence-corrected chi connectivity index (χ1v) is 19.9. The molecule has 0 saturated heterocycles. The van der Waals surface area contributed by atoms with Crippen LogP contribution in [0.1, 0.15) is 69.4 Å². The lowest BCUT2D eigenvalue weighted by atomic mass is 9.97. The Morgan fingerprint density at radius 1 is 0.600 bits per heavy atom. The van der Waals surface area contributed by atoms with E-state index >= 15 is 0 Å². The number of amides is 3. The predicted octanol–water partition coefficient (Wildman–Crippen LogP) is 8.74. The lowest BCUT2D eigenvalue weighted by Crippen LogP contribution is -2.46. The first kappa shape index (κ1) is 41.1. The number of nitrogens with one attached hydrogen (secondary N) is 3. The number of benzene rings is 6. The van der Waals surface area contributed by atoms with Gasteiger partial charge < -0.3 is 34.9 Å². The van der Waals surface area contributed by atoms with Gasteiger partial charge in [-0.3, -0.25) is 9.59 Å². The average molecular weight is 804 g/mol. The third-order valence-corrected chi connectivity index (χ3v) is 10.8. The van der Waals surface area contributed by atoms with E-state index in [0.717, 1.165) is 44.5 Å². The Hall–Kier alpha value is -7.07. The number of fused-ring (bicyclic) bond motifs is 3. The van der Waals surface area contributed by atoms with E-state index in [1.54, 1.807) is 45.4 Å². The molecule has 10 nitrogen and oxygen atoms in total. The second-order valence-corrected chi connectivity index (χ2v) is 14.9. The summed E-state index contributed by atoms with van der Waals surface area (Å²) in [5, 5.41) is 8.92. The van der Waals surface area contributed by atoms with Crippen molar-refractivity contribution in [3.8, 4) is 28.4 Å². The fourth-order valence-corrected chi connectivity index (χ4v) is 7.53. The molecule has 0 aromatic heterocycles. The summed E-state index contributed by atoms with van der Waals surface area (Å²) in [6.07, 6.45) is -0.701. The minimum absolute atomic E-state index is 0.116. The molecule has 7 rings (SSSR count). The Kier molecular flexibility index (Phi) is 12.8. The fourth-order valence-electron chi connectivity index (χ4n) is 7.53. The van der Waals surface area contributed by atoms with Crippen molar-refractivity contribution in [1.82, 2.24) is 16.0 Å². The highest BCUT2D eigenvalue weighted by Gasteiger charge is 2.30. The maximum atomic E-state index is 13.8. The van der Waals surface area contributed by atoms with Crippen LogP contribution < -0.4 is 30.2 Å². The summed E-state index contributed by atoms with van der Waals surface area (Å²) in [5.41, 5.74) is 10.00. The standard InChI is InChI=1S/C50H49N3O7/c1-31-14-18-34(19-15-31)47(35-20-16-32(2)17-21-35)52-46(54)30-59-37-24-22-36(23-25-37)48(43-27-26-38(57-4)28-45(43)58-5)53-49(55)33(3)51-50(56)60-29-44-41-12-8-6-10-39(41)40-11-7-9-13-42(40)44/h6-28,33,44,47-48H,29-30H2,1-5H3,(H,51,56)(H,52,54)(H,53,55)/t33-,48?/m0/s1. The molecular formula is C50H49N3O7. The van der Waals surface area contributed by atoms with Gasteiger partial charge in [0.05, 0.1) is 26.3 Å². The summed E-state index contributed by atoms with van der Waals surface area (Å²) < 4.78 is 22.8. The van der Waals surface area contributed by atoms with Gasteiger partial charge in [-0.25, -0.2) is 4.79 Å². The number of hydrogen-bond acceptors (Lipinski definition) is 7. The maximum Gasteiger partial charge on any atom is 0.407 e. The van der Waals surface area contributed by atoms with Crippen molar-refractivity contribution in [2.24, 2.45) is 0 Å². The number of rotatable bonds is 15. The monoisotopic (exact) mass is 803 g/mol. The molecule has 6 aromatic rings. The van der Waals surface area contributed by atoms with E-state index in [1.807, 2.05) is 105 Å². The molecule has 6 aromatic carbocycles. The lowest BCUT2D eigenvalue weighted by molar-refractivity contribution is -0.124. The molecule has 0 radical (unpaired) electrons. The summed E-state index contributed by atoms with van der Waals surface area (Å²) in [5.74, 6) is 0.699. The Labute approximate surface area is 350 Å². The van der Waals surface area contributed by atoms with Crippen molar-refractivity contribution in [2.45, 2.75) is 44.8 Å². The number of methoxy groups -OCH3 is 2. The highest BCUT2D eigenvalue weighted by atomic mass is 16.5. The van der Waals surface area contributed by atoms with Gasteiger partial charge in [0.2, 0.25) is 5.91 Å². The first-order valence-electron chi connectivity index (χ1n) is 19.9. The zero-order chi connectivity index (χ0) is 42.2. The molecule has 306 valence electrons. The Bertz CT molecular complexity index is 2360. The lowest BCUT2D eigenvalue weighted by Gasteiger charge is -2.25. The van der Waals surface area contributed by atoms with Crippen molar-refractivity contribution >= 4 is 17.9 Å². The largest absolute Gasteiger partial charge is 0.497 e. The summed E-state index contributed by atoms with van der Waals surface area (Å²) >= 11 is 0. The van der Waals surface area contributed by atoms with E-state index in [9.17, 15) is 14.4 Å². The van der Waals surface area contributed by atoms with Gasteiger partial charge in [0.15, 0.2) is 6.61 Å². The third-order valence-electron chi connectivity index (χ3n) is 10.8. The van der Waals surface area contributed by atoms with Crippen molar-refractivity contribution in [2.75, 3.05) is 27.4 Å². The highest BCUT2D eigenvalue weighted by Crippen LogP contribution is 2.44. The van der Waals surface area contributed by atoms with Crippen LogP contribution in [0.4, 0.5) is 4.79 Å². The molecule has 1 aliphatic carbocycles. The number of carbonyl (C=O) groups excluding carboxylic acids is 3. The molecule has 0 aliphatic heterocycles. The Balaban J connectivity index is 1.02. The van der Waals surface area contributed by atoms with E-state index < -0.39 is 24.1 Å². The minimum Gasteiger partial charge on any atom is -0.497 e. The van der Waals surface area contributed by atoms with Gasteiger partial charge >= 0.3 is 6.09 Å². The summed E-state index contributed by atoms with van der Waals surface area (Å²) in [4.78, 5) is 40.2. The van der Waals surface area contributed by atoms with Gasteiger partial charge in [0, 0.05) is 17.5 Å². The zero-order valence-corrected chi connectivity index (χ0v) is 34.4. The molecular weight excluding hydrogens is 755 g/mol. The van der Waals surface area contributed by atoms with E-state index in [1.165, 1.54) is 0 Å². The number of carbonyl (C=O) groups is 3. The van der Waals surface area contributed by atoms with Crippen LogP contribution in [0.2, 0.25) is 0 Å². The molecule has 3 N–H and O–H groups in total. The fraction of sp³-hybridized carbons (Fsp3) is 0.220. The van der Waals surface area contributed by atoms with Crippen LogP contribution in [-0.4, -0.2) is 51.4 Å². The van der Waals surface area contributed by atoms with Crippen LogP contribution in [0.25, 0.3) is 11.1 Å². The van der Waals surface area contributed by atoms with Crippen molar-refractivity contribution in [3.05, 3.63) is 184 Å². The quantitative estimate of drug-likeness (QED) is 0.0949. The van der Waals surface area contributed by atoms with E-state index in [2.05, 4.69) is 40.2 Å². The molecule has 60 heavy (non-hydrogen) atoms. The summed E-state index contributed by atoms with van der Waals surface area (Å²) in [6.45, 7) is 5.57. The highest BCUT2D eigenvalue weighted by molar-refractivity contribution is 5.86. The number of alkyl carbamates (subject to hydrolysis) is 1. The van der Waals surface area contributed by atoms with Crippen LogP contribution >= 0.6 is 0 Å². The molecule has 0 heterocycles. The van der Waals surface area contributed by atoms with Crippen LogP contribution in [0, 0.1) is 13.8 Å². The molecule has 0 spiro atoms. The second-order valence-electron chi connectivity index (χ2n) is 14.9. The smallest absolute Gasteiger partial charge is 0.407 e. The Morgan fingerprint density at radius 2 is 1.13 bits per heavy atom. The zero-order valence-electron chi connectivity index (χ0n) is 34.4. The molecule has 1 unspecified atom stereocenters. The van der Waals surface area contributed by atoms with Crippen LogP contribution in [0.3, 0.4) is 0 Å². The van der Waals surface area contributed by atoms with Crippen molar-refractivity contribution < 1.29 is 33.3 Å². The molecule has 0 fully saturated rings. The van der Waals surface area contributed by atoms with Crippen LogP contribution in [0.15, 0.2) is 140 Å². The average Bonchev–Trinajstić information content (AvgIpc) is 3.60. The molecule has 0 bridgehead atoms. The molecule has 10 heteroatoms. The van der Waals surface area contributed by atoms with Gasteiger partial charge in [0.25, 0.3) is 5.91 Å². The van der Waals surface area contributed by atoms with E-state index in [4.69, 9.17) is 18.9 Å². The van der Waals surface area contributed by atoms with Gasteiger partial charge in [-0.05, 0) is 84.0 Å². The Morgan fingerprint density at radius 3 is 1.70 bits per heavy atom. The predicted molar refractivity (Wildman–Crippen MR) is 231 cm³/mol. The van der Waals surface area contributed by atoms with Gasteiger partial charge in [0.1, 0.15) is 29.9 Å². The van der Waals surface area contributed by atoms with Crippen LogP contribution in [0.5, 0.6) is 17.2 Å². The number of ether oxygens (including phenoxy) is 4. The molecule has 1 aliphatic rings. The number of aryl methyl sites for hydroxylation is 2. The van der Waals surface area contributed by atoms with Gasteiger partial charge in [-0.2, -0.15) is 0 Å². The summed E-state index contributed by atoms with van der Waals surface area (Å²) in [7, 11) is 3.11. The topological polar surface area (TPSA) is 124 Å². The van der Waals surface area contributed by atoms with E-state index in [-0.39, 0.29) is 31.1 Å². The van der Waals surface area contributed by atoms with E-state index in [0.29, 0.717) is 28.4 Å².